The van der Waals surface area contributed by atoms with E-state index < -0.39 is 16.4 Å². The maximum Gasteiger partial charge on any atom is 0.305 e. The molecule has 0 aromatic heterocycles. The summed E-state index contributed by atoms with van der Waals surface area (Å²) in [6.45, 7) is 4.55. The van der Waals surface area contributed by atoms with Gasteiger partial charge < -0.3 is 0 Å². The van der Waals surface area contributed by atoms with E-state index in [4.69, 9.17) is 0 Å². The fourth-order valence-electron chi connectivity index (χ4n) is 2.77. The highest BCUT2D eigenvalue weighted by atomic mass is 19.1. The van der Waals surface area contributed by atoms with Gasteiger partial charge in [-0.3, -0.25) is 15.0 Å². The van der Waals surface area contributed by atoms with Crippen molar-refractivity contribution in [2.45, 2.75) is 32.7 Å². The van der Waals surface area contributed by atoms with Crippen molar-refractivity contribution in [3.63, 3.8) is 0 Å². The van der Waals surface area contributed by atoms with Gasteiger partial charge >= 0.3 is 5.69 Å². The second-order valence-electron chi connectivity index (χ2n) is 5.19. The van der Waals surface area contributed by atoms with Crippen molar-refractivity contribution in [3.8, 4) is 0 Å². The lowest BCUT2D eigenvalue weighted by Crippen LogP contribution is -2.21. The van der Waals surface area contributed by atoms with Gasteiger partial charge in [0.1, 0.15) is 0 Å². The summed E-state index contributed by atoms with van der Waals surface area (Å²) < 4.78 is 14.0. The molecule has 1 unspecified atom stereocenters. The number of hydrogen-bond acceptors (Lipinski definition) is 3. The third-order valence-electron chi connectivity index (χ3n) is 3.72. The molecule has 1 saturated heterocycles. The van der Waals surface area contributed by atoms with Gasteiger partial charge in [0.25, 0.3) is 0 Å². The van der Waals surface area contributed by atoms with Gasteiger partial charge in [0.15, 0.2) is 0 Å². The molecule has 1 aromatic carbocycles. The first-order valence-electron chi connectivity index (χ1n) is 6.76. The molecular weight excluding hydrogens is 247 g/mol. The molecular formula is C14H19FN2O2. The Hall–Kier alpha value is -1.49. The molecule has 1 atom stereocenters. The quantitative estimate of drug-likeness (QED) is 0.606. The summed E-state index contributed by atoms with van der Waals surface area (Å²) in [5, 5.41) is 10.7. The van der Waals surface area contributed by atoms with Crippen LogP contribution in [0.4, 0.5) is 10.1 Å². The standard InChI is InChI=1S/C14H19FN2O2/c1-2-4-11-7-8-16(9-11)10-12-5-3-6-13(14(12)15)17(18)19/h3,5-6,11H,2,4,7-10H2,1H3. The lowest BCUT2D eigenvalue weighted by Gasteiger charge is -2.16. The van der Waals surface area contributed by atoms with Crippen molar-refractivity contribution in [1.82, 2.24) is 4.90 Å². The predicted octanol–water partition coefficient (Wildman–Crippen LogP) is 3.36. The highest BCUT2D eigenvalue weighted by molar-refractivity contribution is 5.36. The summed E-state index contributed by atoms with van der Waals surface area (Å²) in [6, 6.07) is 4.40. The molecule has 1 aliphatic rings. The molecule has 1 heterocycles. The zero-order chi connectivity index (χ0) is 13.8. The maximum atomic E-state index is 14.0. The summed E-state index contributed by atoms with van der Waals surface area (Å²) in [7, 11) is 0. The number of benzene rings is 1. The number of nitro benzene ring substituents is 1. The zero-order valence-electron chi connectivity index (χ0n) is 11.1. The van der Waals surface area contributed by atoms with E-state index >= 15 is 0 Å². The molecule has 0 spiro atoms. The van der Waals surface area contributed by atoms with Crippen molar-refractivity contribution >= 4 is 5.69 Å². The van der Waals surface area contributed by atoms with E-state index in [-0.39, 0.29) is 0 Å². The summed E-state index contributed by atoms with van der Waals surface area (Å²) in [6.07, 6.45) is 3.52. The normalized spacial score (nSPS) is 19.8. The highest BCUT2D eigenvalue weighted by Crippen LogP contribution is 2.25. The fraction of sp³-hybridized carbons (Fsp3) is 0.571. The lowest BCUT2D eigenvalue weighted by molar-refractivity contribution is -0.387. The van der Waals surface area contributed by atoms with Crippen LogP contribution in [0.5, 0.6) is 0 Å². The second kappa shape index (κ2) is 6.10. The molecule has 1 fully saturated rings. The minimum absolute atomic E-state index is 0.423. The van der Waals surface area contributed by atoms with Gasteiger partial charge in [0.2, 0.25) is 5.82 Å². The smallest absolute Gasteiger partial charge is 0.299 e. The van der Waals surface area contributed by atoms with E-state index in [1.165, 1.54) is 18.9 Å². The molecule has 0 N–H and O–H groups in total. The number of rotatable bonds is 5. The predicted molar refractivity (Wildman–Crippen MR) is 71.3 cm³/mol. The molecule has 104 valence electrons. The number of nitro groups is 1. The first-order valence-corrected chi connectivity index (χ1v) is 6.76. The van der Waals surface area contributed by atoms with E-state index in [2.05, 4.69) is 11.8 Å². The fourth-order valence-corrected chi connectivity index (χ4v) is 2.77. The van der Waals surface area contributed by atoms with Crippen LogP contribution in [0.1, 0.15) is 31.7 Å². The van der Waals surface area contributed by atoms with Crippen LogP contribution in [0.25, 0.3) is 0 Å². The van der Waals surface area contributed by atoms with Crippen molar-refractivity contribution in [3.05, 3.63) is 39.7 Å². The molecule has 0 amide bonds. The van der Waals surface area contributed by atoms with Gasteiger partial charge in [0.05, 0.1) is 4.92 Å². The Balaban J connectivity index is 2.04. The Morgan fingerprint density at radius 1 is 1.53 bits per heavy atom. The van der Waals surface area contributed by atoms with Gasteiger partial charge in [-0.2, -0.15) is 4.39 Å². The first-order chi connectivity index (χ1) is 9.11. The van der Waals surface area contributed by atoms with Crippen LogP contribution in [0.2, 0.25) is 0 Å². The minimum Gasteiger partial charge on any atom is -0.299 e. The Morgan fingerprint density at radius 3 is 3.00 bits per heavy atom. The molecule has 0 saturated carbocycles. The van der Waals surface area contributed by atoms with Crippen LogP contribution in [0, 0.1) is 21.8 Å². The van der Waals surface area contributed by atoms with Crippen molar-refractivity contribution in [1.29, 1.82) is 0 Å². The Morgan fingerprint density at radius 2 is 2.32 bits per heavy atom. The van der Waals surface area contributed by atoms with Crippen LogP contribution in [-0.4, -0.2) is 22.9 Å². The van der Waals surface area contributed by atoms with E-state index in [0.29, 0.717) is 18.0 Å². The largest absolute Gasteiger partial charge is 0.305 e. The Kier molecular flexibility index (Phi) is 4.47. The van der Waals surface area contributed by atoms with Crippen molar-refractivity contribution in [2.75, 3.05) is 13.1 Å². The van der Waals surface area contributed by atoms with Crippen LogP contribution in [0.15, 0.2) is 18.2 Å². The van der Waals surface area contributed by atoms with E-state index in [1.807, 2.05) is 0 Å². The Labute approximate surface area is 112 Å². The monoisotopic (exact) mass is 266 g/mol. The maximum absolute atomic E-state index is 14.0. The summed E-state index contributed by atoms with van der Waals surface area (Å²) in [5.74, 6) is -0.00167. The number of hydrogen-bond donors (Lipinski definition) is 0. The average Bonchev–Trinajstić information content (AvgIpc) is 2.79. The first kappa shape index (κ1) is 13.9. The SMILES string of the molecule is CCCC1CCN(Cc2cccc([N+](=O)[O-])c2F)C1. The van der Waals surface area contributed by atoms with Crippen molar-refractivity contribution < 1.29 is 9.31 Å². The zero-order valence-corrected chi connectivity index (χ0v) is 11.1. The van der Waals surface area contributed by atoms with Crippen LogP contribution < -0.4 is 0 Å². The van der Waals surface area contributed by atoms with Crippen molar-refractivity contribution in [2.24, 2.45) is 5.92 Å². The lowest BCUT2D eigenvalue weighted by atomic mass is 10.0. The summed E-state index contributed by atoms with van der Waals surface area (Å²) >= 11 is 0. The van der Waals surface area contributed by atoms with E-state index in [9.17, 15) is 14.5 Å². The summed E-state index contributed by atoms with van der Waals surface area (Å²) in [4.78, 5) is 12.2. The van der Waals surface area contributed by atoms with Gasteiger partial charge in [-0.25, -0.2) is 0 Å². The number of nitrogens with zero attached hydrogens (tertiary/aromatic N) is 2. The van der Waals surface area contributed by atoms with Crippen LogP contribution in [-0.2, 0) is 6.54 Å². The van der Waals surface area contributed by atoms with Crippen LogP contribution in [0.3, 0.4) is 0 Å². The van der Waals surface area contributed by atoms with Gasteiger partial charge in [-0.15, -0.1) is 0 Å². The number of likely N-dealkylation sites (tertiary alicyclic amines) is 1. The van der Waals surface area contributed by atoms with E-state index in [0.717, 1.165) is 19.5 Å². The molecule has 0 bridgehead atoms. The molecule has 5 heteroatoms. The Bertz CT molecular complexity index is 465. The third-order valence-corrected chi connectivity index (χ3v) is 3.72. The van der Waals surface area contributed by atoms with Gasteiger partial charge in [-0.05, 0) is 25.3 Å². The van der Waals surface area contributed by atoms with E-state index in [1.54, 1.807) is 12.1 Å². The molecule has 0 aliphatic carbocycles. The molecule has 1 aromatic rings. The molecule has 4 nitrogen and oxygen atoms in total. The van der Waals surface area contributed by atoms with Gasteiger partial charge in [0, 0.05) is 24.7 Å². The third kappa shape index (κ3) is 3.29. The minimum atomic E-state index is -0.688. The molecule has 1 aliphatic heterocycles. The summed E-state index contributed by atoms with van der Waals surface area (Å²) in [5.41, 5.74) is -0.00634. The van der Waals surface area contributed by atoms with Gasteiger partial charge in [-0.1, -0.05) is 25.5 Å². The second-order valence-corrected chi connectivity index (χ2v) is 5.19. The molecule has 2 rings (SSSR count). The topological polar surface area (TPSA) is 46.4 Å². The van der Waals surface area contributed by atoms with Crippen LogP contribution >= 0.6 is 0 Å². The highest BCUT2D eigenvalue weighted by Gasteiger charge is 2.24. The molecule has 0 radical (unpaired) electrons. The number of halogens is 1. The molecule has 19 heavy (non-hydrogen) atoms. The average molecular weight is 266 g/mol.